The van der Waals surface area contributed by atoms with E-state index in [1.54, 1.807) is 51.0 Å². The number of methoxy groups -OCH3 is 4. The second-order valence-corrected chi connectivity index (χ2v) is 9.08. The molecule has 0 unspecified atom stereocenters. The average molecular weight is 540 g/mol. The van der Waals surface area contributed by atoms with Crippen LogP contribution in [0.25, 0.3) is 0 Å². The molecule has 2 N–H and O–H groups in total. The van der Waals surface area contributed by atoms with Crippen LogP contribution in [0.5, 0.6) is 11.5 Å². The van der Waals surface area contributed by atoms with E-state index < -0.39 is 6.29 Å². The van der Waals surface area contributed by atoms with E-state index in [4.69, 9.17) is 24.2 Å². The van der Waals surface area contributed by atoms with Gasteiger partial charge in [-0.25, -0.2) is 0 Å². The molecule has 2 aromatic rings. The van der Waals surface area contributed by atoms with Gasteiger partial charge in [-0.15, -0.1) is 4.99 Å². The van der Waals surface area contributed by atoms with Crippen LogP contribution in [0.3, 0.4) is 0 Å². The first-order valence-corrected chi connectivity index (χ1v) is 12.9. The Bertz CT molecular complexity index is 1100. The third kappa shape index (κ3) is 8.27. The van der Waals surface area contributed by atoms with E-state index in [0.29, 0.717) is 59.8 Å². The van der Waals surface area contributed by atoms with Crippen molar-refractivity contribution < 1.29 is 23.7 Å². The summed E-state index contributed by atoms with van der Waals surface area (Å²) >= 11 is 0. The quantitative estimate of drug-likeness (QED) is 0.135. The molecule has 0 radical (unpaired) electrons. The highest BCUT2D eigenvalue weighted by molar-refractivity contribution is 6.00. The number of ether oxygens (including phenoxy) is 4. The number of carbonyl (C=O) groups excluding carboxylic acids is 1. The highest BCUT2D eigenvalue weighted by Gasteiger charge is 2.29. The van der Waals surface area contributed by atoms with Gasteiger partial charge in [-0.1, -0.05) is 12.8 Å². The molecule has 0 aliphatic carbocycles. The highest BCUT2D eigenvalue weighted by atomic mass is 16.7. The number of aromatic nitrogens is 2. The predicted octanol–water partition coefficient (Wildman–Crippen LogP) is 3.35. The molecule has 210 valence electrons. The number of rotatable bonds is 12. The first-order chi connectivity index (χ1) is 19.0. The zero-order chi connectivity index (χ0) is 28.0. The van der Waals surface area contributed by atoms with Gasteiger partial charge in [-0.3, -0.25) is 4.79 Å². The van der Waals surface area contributed by atoms with Crippen LogP contribution in [-0.2, 0) is 9.47 Å². The number of nitrogens with one attached hydrogen (secondary N) is 2. The van der Waals surface area contributed by atoms with Crippen molar-refractivity contribution in [1.82, 2.24) is 20.4 Å². The van der Waals surface area contributed by atoms with Gasteiger partial charge in [0.05, 0.1) is 32.3 Å². The van der Waals surface area contributed by atoms with Gasteiger partial charge in [-0.05, 0) is 43.4 Å². The SMILES string of the molecule is COc1cc(C(OC)OC)cc(OC)c1C(=O)N1CCC(CCCCN/C(=N\C#N)Nc2ccnnc2)CC1. The van der Waals surface area contributed by atoms with Crippen molar-refractivity contribution in [2.45, 2.75) is 38.4 Å². The lowest BCUT2D eigenvalue weighted by Crippen LogP contribution is -2.38. The maximum atomic E-state index is 13.5. The topological polar surface area (TPSA) is 143 Å². The van der Waals surface area contributed by atoms with Gasteiger partial charge in [0.15, 0.2) is 6.29 Å². The number of unbranched alkanes of at least 4 members (excludes halogenated alkanes) is 1. The van der Waals surface area contributed by atoms with Crippen molar-refractivity contribution in [2.24, 2.45) is 10.9 Å². The van der Waals surface area contributed by atoms with Crippen molar-refractivity contribution in [3.8, 4) is 17.7 Å². The smallest absolute Gasteiger partial charge is 0.261 e. The number of nitriles is 1. The number of piperidine rings is 1. The standard InChI is InChI=1S/C27H37N7O5/c1-36-22-15-20(26(38-3)39-4)16-23(37-2)24(22)25(35)34-13-9-19(10-14-34)7-5-6-11-29-27(30-18-28)33-21-8-12-31-32-17-21/h8,12,15-17,19,26H,5-7,9-11,13-14H2,1-4H3,(H2,29,30,31,33). The molecule has 12 heteroatoms. The summed E-state index contributed by atoms with van der Waals surface area (Å²) < 4.78 is 21.8. The lowest BCUT2D eigenvalue weighted by Gasteiger charge is -2.33. The van der Waals surface area contributed by atoms with Crippen LogP contribution in [0.15, 0.2) is 35.6 Å². The molecule has 39 heavy (non-hydrogen) atoms. The van der Waals surface area contributed by atoms with Gasteiger partial charge in [0, 0.05) is 39.4 Å². The van der Waals surface area contributed by atoms with Crippen molar-refractivity contribution >= 4 is 17.6 Å². The number of anilines is 1. The predicted molar refractivity (Wildman–Crippen MR) is 145 cm³/mol. The van der Waals surface area contributed by atoms with Gasteiger partial charge < -0.3 is 34.5 Å². The average Bonchev–Trinajstić information content (AvgIpc) is 2.97. The van der Waals surface area contributed by atoms with E-state index >= 15 is 0 Å². The first-order valence-electron chi connectivity index (χ1n) is 12.9. The van der Waals surface area contributed by atoms with E-state index in [1.807, 2.05) is 4.90 Å². The number of nitrogens with zero attached hydrogens (tertiary/aromatic N) is 5. The fourth-order valence-electron chi connectivity index (χ4n) is 4.66. The summed E-state index contributed by atoms with van der Waals surface area (Å²) in [5.41, 5.74) is 1.81. The summed E-state index contributed by atoms with van der Waals surface area (Å²) in [7, 11) is 6.16. The Morgan fingerprint density at radius 2 is 1.82 bits per heavy atom. The van der Waals surface area contributed by atoms with Crippen LogP contribution in [0.1, 0.15) is 54.3 Å². The molecule has 1 aliphatic heterocycles. The van der Waals surface area contributed by atoms with Crippen LogP contribution < -0.4 is 20.1 Å². The highest BCUT2D eigenvalue weighted by Crippen LogP contribution is 2.36. The maximum absolute atomic E-state index is 13.5. The molecule has 2 heterocycles. The summed E-state index contributed by atoms with van der Waals surface area (Å²) in [6.45, 7) is 2.04. The van der Waals surface area contributed by atoms with Crippen LogP contribution in [-0.4, -0.2) is 75.0 Å². The lowest BCUT2D eigenvalue weighted by molar-refractivity contribution is -0.106. The number of hydrogen-bond donors (Lipinski definition) is 2. The summed E-state index contributed by atoms with van der Waals surface area (Å²) in [6, 6.07) is 5.26. The van der Waals surface area contributed by atoms with E-state index in [-0.39, 0.29) is 5.91 Å². The molecular formula is C27H37N7O5. The van der Waals surface area contributed by atoms with Crippen LogP contribution in [0.4, 0.5) is 5.69 Å². The Balaban J connectivity index is 1.47. The fourth-order valence-corrected chi connectivity index (χ4v) is 4.66. The number of hydrogen-bond acceptors (Lipinski definition) is 9. The van der Waals surface area contributed by atoms with Crippen molar-refractivity contribution in [2.75, 3.05) is 53.4 Å². The van der Waals surface area contributed by atoms with E-state index in [1.165, 1.54) is 14.2 Å². The molecule has 1 aliphatic rings. The Labute approximate surface area is 229 Å². The largest absolute Gasteiger partial charge is 0.496 e. The number of carbonyl (C=O) groups is 1. The molecule has 0 saturated carbocycles. The number of benzene rings is 1. The normalized spacial score (nSPS) is 14.2. The third-order valence-electron chi connectivity index (χ3n) is 6.68. The molecule has 0 spiro atoms. The number of likely N-dealkylation sites (tertiary alicyclic amines) is 1. The van der Waals surface area contributed by atoms with E-state index in [9.17, 15) is 4.79 Å². The molecule has 1 aromatic heterocycles. The summed E-state index contributed by atoms with van der Waals surface area (Å²) in [6.07, 6.45) is 9.25. The molecular weight excluding hydrogens is 502 g/mol. The Kier molecular flexibility index (Phi) is 11.7. The minimum atomic E-state index is -0.594. The van der Waals surface area contributed by atoms with Crippen LogP contribution in [0.2, 0.25) is 0 Å². The molecule has 0 atom stereocenters. The Hall–Kier alpha value is -3.95. The Morgan fingerprint density at radius 3 is 2.38 bits per heavy atom. The van der Waals surface area contributed by atoms with Gasteiger partial charge >= 0.3 is 0 Å². The van der Waals surface area contributed by atoms with Crippen molar-refractivity contribution in [3.63, 3.8) is 0 Å². The van der Waals surface area contributed by atoms with Gasteiger partial charge in [0.2, 0.25) is 12.2 Å². The van der Waals surface area contributed by atoms with E-state index in [2.05, 4.69) is 25.8 Å². The summed E-state index contributed by atoms with van der Waals surface area (Å²) in [5.74, 6) is 1.69. The van der Waals surface area contributed by atoms with Gasteiger partial charge in [0.1, 0.15) is 17.1 Å². The van der Waals surface area contributed by atoms with Crippen LogP contribution >= 0.6 is 0 Å². The Morgan fingerprint density at radius 1 is 1.13 bits per heavy atom. The zero-order valence-electron chi connectivity index (χ0n) is 23.0. The second-order valence-electron chi connectivity index (χ2n) is 9.08. The van der Waals surface area contributed by atoms with Crippen LogP contribution in [0, 0.1) is 17.4 Å². The monoisotopic (exact) mass is 539 g/mol. The molecule has 0 bridgehead atoms. The van der Waals surface area contributed by atoms with Crippen molar-refractivity contribution in [1.29, 1.82) is 5.26 Å². The number of amides is 1. The second kappa shape index (κ2) is 15.5. The van der Waals surface area contributed by atoms with Gasteiger partial charge in [0.25, 0.3) is 5.91 Å². The molecule has 1 amide bonds. The van der Waals surface area contributed by atoms with Gasteiger partial charge in [-0.2, -0.15) is 15.5 Å². The molecule has 3 rings (SSSR count). The minimum absolute atomic E-state index is 0.106. The molecule has 12 nitrogen and oxygen atoms in total. The number of aliphatic imine (C=N–C) groups is 1. The zero-order valence-corrected chi connectivity index (χ0v) is 23.0. The molecule has 1 saturated heterocycles. The fraction of sp³-hybridized carbons (Fsp3) is 0.519. The summed E-state index contributed by atoms with van der Waals surface area (Å²) in [5, 5.41) is 22.7. The van der Waals surface area contributed by atoms with Crippen molar-refractivity contribution in [3.05, 3.63) is 41.7 Å². The van der Waals surface area contributed by atoms with E-state index in [0.717, 1.165) is 32.1 Å². The maximum Gasteiger partial charge on any atom is 0.261 e. The molecule has 1 aromatic carbocycles. The minimum Gasteiger partial charge on any atom is -0.496 e. The lowest BCUT2D eigenvalue weighted by atomic mass is 9.91. The molecule has 1 fully saturated rings. The third-order valence-corrected chi connectivity index (χ3v) is 6.68. The first kappa shape index (κ1) is 29.6. The summed E-state index contributed by atoms with van der Waals surface area (Å²) in [4.78, 5) is 19.1. The number of guanidine groups is 1.